The first kappa shape index (κ1) is 13.9. The molecule has 2 atom stereocenters. The third-order valence-corrected chi connectivity index (χ3v) is 2.29. The van der Waals surface area contributed by atoms with Crippen LogP contribution in [-0.2, 0) is 9.59 Å². The fourth-order valence-electron chi connectivity index (χ4n) is 1.09. The molecular weight excluding hydrogens is 196 g/mol. The highest BCUT2D eigenvalue weighted by Gasteiger charge is 2.21. The molecule has 0 rings (SSSR count). The molecule has 0 aromatic heterocycles. The van der Waals surface area contributed by atoms with Gasteiger partial charge in [-0.1, -0.05) is 19.8 Å². The number of likely N-dealkylation sites (N-methyl/N-ethyl adjacent to an activating group) is 1. The largest absolute Gasteiger partial charge is 0.480 e. The van der Waals surface area contributed by atoms with Crippen LogP contribution in [0.1, 0.15) is 33.1 Å². The van der Waals surface area contributed by atoms with E-state index in [1.165, 1.54) is 0 Å². The van der Waals surface area contributed by atoms with Gasteiger partial charge < -0.3 is 15.7 Å². The Kier molecular flexibility index (Phi) is 6.70. The maximum absolute atomic E-state index is 11.4. The van der Waals surface area contributed by atoms with Crippen molar-refractivity contribution in [2.75, 3.05) is 7.05 Å². The number of carboxylic acid groups (broad SMARTS) is 1. The average Bonchev–Trinajstić information content (AvgIpc) is 2.22. The first-order valence-corrected chi connectivity index (χ1v) is 5.23. The van der Waals surface area contributed by atoms with Crippen molar-refractivity contribution < 1.29 is 14.7 Å². The van der Waals surface area contributed by atoms with Gasteiger partial charge in [0.25, 0.3) is 0 Å². The number of hydrogen-bond donors (Lipinski definition) is 3. The van der Waals surface area contributed by atoms with Crippen molar-refractivity contribution in [3.63, 3.8) is 0 Å². The van der Waals surface area contributed by atoms with Crippen molar-refractivity contribution in [2.45, 2.75) is 45.2 Å². The van der Waals surface area contributed by atoms with Crippen molar-refractivity contribution in [1.29, 1.82) is 0 Å². The summed E-state index contributed by atoms with van der Waals surface area (Å²) < 4.78 is 0. The summed E-state index contributed by atoms with van der Waals surface area (Å²) in [6.45, 7) is 3.67. The molecule has 5 nitrogen and oxygen atoms in total. The summed E-state index contributed by atoms with van der Waals surface area (Å²) in [5, 5.41) is 14.1. The number of unbranched alkanes of at least 4 members (excludes halogenated alkanes) is 1. The lowest BCUT2D eigenvalue weighted by atomic mass is 10.1. The minimum atomic E-state index is -0.972. The van der Waals surface area contributed by atoms with E-state index in [2.05, 4.69) is 10.6 Å². The Labute approximate surface area is 90.2 Å². The van der Waals surface area contributed by atoms with E-state index in [1.54, 1.807) is 14.0 Å². The molecule has 0 saturated carbocycles. The van der Waals surface area contributed by atoms with Crippen LogP contribution in [-0.4, -0.2) is 36.1 Å². The molecule has 0 fully saturated rings. The maximum Gasteiger partial charge on any atom is 0.326 e. The van der Waals surface area contributed by atoms with Gasteiger partial charge in [0.05, 0.1) is 6.04 Å². The Balaban J connectivity index is 4.16. The summed E-state index contributed by atoms with van der Waals surface area (Å²) in [4.78, 5) is 22.2. The SMILES string of the molecule is CCCCC(NC(=O)C(C)NC)C(=O)O. The predicted molar refractivity (Wildman–Crippen MR) is 57.6 cm³/mol. The van der Waals surface area contributed by atoms with Gasteiger partial charge in [-0.3, -0.25) is 4.79 Å². The van der Waals surface area contributed by atoms with Crippen LogP contribution in [0.25, 0.3) is 0 Å². The number of aliphatic carboxylic acids is 1. The molecule has 5 heteroatoms. The van der Waals surface area contributed by atoms with Gasteiger partial charge in [-0.05, 0) is 20.4 Å². The van der Waals surface area contributed by atoms with Crippen LogP contribution in [0.3, 0.4) is 0 Å². The molecule has 0 radical (unpaired) electrons. The monoisotopic (exact) mass is 216 g/mol. The Morgan fingerprint density at radius 3 is 2.40 bits per heavy atom. The van der Waals surface area contributed by atoms with Crippen molar-refractivity contribution in [2.24, 2.45) is 0 Å². The molecule has 0 aliphatic carbocycles. The number of carbonyl (C=O) groups excluding carboxylic acids is 1. The minimum Gasteiger partial charge on any atom is -0.480 e. The second-order valence-corrected chi connectivity index (χ2v) is 3.55. The maximum atomic E-state index is 11.4. The summed E-state index contributed by atoms with van der Waals surface area (Å²) in [5.74, 6) is -1.25. The first-order valence-electron chi connectivity index (χ1n) is 5.23. The van der Waals surface area contributed by atoms with E-state index in [1.807, 2.05) is 6.92 Å². The summed E-state index contributed by atoms with van der Waals surface area (Å²) >= 11 is 0. The van der Waals surface area contributed by atoms with Crippen molar-refractivity contribution in [3.8, 4) is 0 Å². The minimum absolute atomic E-state index is 0.277. The van der Waals surface area contributed by atoms with Crippen LogP contribution in [0, 0.1) is 0 Å². The molecule has 0 bridgehead atoms. The van der Waals surface area contributed by atoms with E-state index < -0.39 is 12.0 Å². The quantitative estimate of drug-likeness (QED) is 0.574. The Bertz CT molecular complexity index is 219. The molecule has 3 N–H and O–H groups in total. The number of amides is 1. The number of carboxylic acids is 1. The van der Waals surface area contributed by atoms with Crippen LogP contribution < -0.4 is 10.6 Å². The molecule has 0 aliphatic rings. The number of hydrogen-bond acceptors (Lipinski definition) is 3. The molecule has 15 heavy (non-hydrogen) atoms. The van der Waals surface area contributed by atoms with Crippen LogP contribution in [0.5, 0.6) is 0 Å². The number of rotatable bonds is 7. The predicted octanol–water partition coefficient (Wildman–Crippen LogP) is 0.354. The Hall–Kier alpha value is -1.10. The second kappa shape index (κ2) is 7.23. The molecule has 88 valence electrons. The second-order valence-electron chi connectivity index (χ2n) is 3.55. The highest BCUT2D eigenvalue weighted by Crippen LogP contribution is 2.01. The Morgan fingerprint density at radius 2 is 2.00 bits per heavy atom. The standard InChI is InChI=1S/C10H20N2O3/c1-4-5-6-8(10(14)15)12-9(13)7(2)11-3/h7-8,11H,4-6H2,1-3H3,(H,12,13)(H,14,15). The van der Waals surface area contributed by atoms with E-state index >= 15 is 0 Å². The lowest BCUT2D eigenvalue weighted by Gasteiger charge is -2.17. The van der Waals surface area contributed by atoms with Gasteiger partial charge >= 0.3 is 5.97 Å². The zero-order chi connectivity index (χ0) is 11.8. The number of carbonyl (C=O) groups is 2. The molecule has 0 aliphatic heterocycles. The summed E-state index contributed by atoms with van der Waals surface area (Å²) in [6.07, 6.45) is 2.19. The van der Waals surface area contributed by atoms with Crippen molar-refractivity contribution >= 4 is 11.9 Å². The van der Waals surface area contributed by atoms with E-state index in [4.69, 9.17) is 5.11 Å². The molecule has 0 aromatic rings. The van der Waals surface area contributed by atoms with Gasteiger partial charge in [0, 0.05) is 0 Å². The van der Waals surface area contributed by atoms with Crippen LogP contribution in [0.2, 0.25) is 0 Å². The molecule has 0 aromatic carbocycles. The van der Waals surface area contributed by atoms with E-state index in [9.17, 15) is 9.59 Å². The van der Waals surface area contributed by atoms with Gasteiger partial charge in [-0.25, -0.2) is 4.79 Å². The summed E-state index contributed by atoms with van der Waals surface area (Å²) in [6, 6.07) is -1.14. The topological polar surface area (TPSA) is 78.4 Å². The third kappa shape index (κ3) is 5.37. The average molecular weight is 216 g/mol. The normalized spacial score (nSPS) is 14.3. The summed E-state index contributed by atoms with van der Waals surface area (Å²) in [5.41, 5.74) is 0. The molecular formula is C10H20N2O3. The molecule has 1 amide bonds. The zero-order valence-electron chi connectivity index (χ0n) is 9.54. The molecule has 0 heterocycles. The third-order valence-electron chi connectivity index (χ3n) is 2.29. The van der Waals surface area contributed by atoms with Crippen LogP contribution >= 0.6 is 0 Å². The highest BCUT2D eigenvalue weighted by atomic mass is 16.4. The van der Waals surface area contributed by atoms with E-state index in [-0.39, 0.29) is 11.9 Å². The molecule has 0 spiro atoms. The fraction of sp³-hybridized carbons (Fsp3) is 0.800. The van der Waals surface area contributed by atoms with E-state index in [0.717, 1.165) is 12.8 Å². The van der Waals surface area contributed by atoms with Gasteiger partial charge in [-0.15, -0.1) is 0 Å². The van der Waals surface area contributed by atoms with Gasteiger partial charge in [0.15, 0.2) is 0 Å². The van der Waals surface area contributed by atoms with Crippen LogP contribution in [0.15, 0.2) is 0 Å². The van der Waals surface area contributed by atoms with Gasteiger partial charge in [-0.2, -0.15) is 0 Å². The number of nitrogens with one attached hydrogen (secondary N) is 2. The van der Waals surface area contributed by atoms with Crippen molar-refractivity contribution in [1.82, 2.24) is 10.6 Å². The molecule has 0 saturated heterocycles. The Morgan fingerprint density at radius 1 is 1.40 bits per heavy atom. The zero-order valence-corrected chi connectivity index (χ0v) is 9.54. The highest BCUT2D eigenvalue weighted by molar-refractivity contribution is 5.86. The summed E-state index contributed by atoms with van der Waals surface area (Å²) in [7, 11) is 1.66. The lowest BCUT2D eigenvalue weighted by Crippen LogP contribution is -2.48. The fourth-order valence-corrected chi connectivity index (χ4v) is 1.09. The lowest BCUT2D eigenvalue weighted by molar-refractivity contribution is -0.142. The van der Waals surface area contributed by atoms with Crippen molar-refractivity contribution in [3.05, 3.63) is 0 Å². The first-order chi connectivity index (χ1) is 7.02. The van der Waals surface area contributed by atoms with Crippen LogP contribution in [0.4, 0.5) is 0 Å². The molecule has 2 unspecified atom stereocenters. The smallest absolute Gasteiger partial charge is 0.326 e. The van der Waals surface area contributed by atoms with Gasteiger partial charge in [0.1, 0.15) is 6.04 Å². The van der Waals surface area contributed by atoms with Gasteiger partial charge in [0.2, 0.25) is 5.91 Å². The van der Waals surface area contributed by atoms with E-state index in [0.29, 0.717) is 6.42 Å².